The Morgan fingerprint density at radius 2 is 2.37 bits per heavy atom. The van der Waals surface area contributed by atoms with Crippen molar-refractivity contribution in [1.82, 2.24) is 4.98 Å². The molecule has 0 amide bonds. The zero-order chi connectivity index (χ0) is 13.9. The highest BCUT2D eigenvalue weighted by molar-refractivity contribution is 7.93. The molecule has 0 spiro atoms. The number of nitrogens with two attached hydrogens (primary N) is 1. The third kappa shape index (κ3) is 3.36. The molecule has 1 aliphatic heterocycles. The summed E-state index contributed by atoms with van der Waals surface area (Å²) in [5.74, 6) is 1.39. The van der Waals surface area contributed by atoms with Gasteiger partial charge in [0, 0.05) is 25.3 Å². The number of hydrogen-bond donors (Lipinski definition) is 1. The van der Waals surface area contributed by atoms with Gasteiger partial charge in [-0.2, -0.15) is 0 Å². The number of pyridine rings is 1. The van der Waals surface area contributed by atoms with Gasteiger partial charge in [0.2, 0.25) is 0 Å². The van der Waals surface area contributed by atoms with Gasteiger partial charge >= 0.3 is 0 Å². The molecule has 7 heteroatoms. The lowest BCUT2D eigenvalue weighted by Gasteiger charge is -2.25. The quantitative estimate of drug-likeness (QED) is 0.877. The van der Waals surface area contributed by atoms with Crippen molar-refractivity contribution in [3.05, 3.63) is 12.3 Å². The summed E-state index contributed by atoms with van der Waals surface area (Å²) in [6.07, 6.45) is 4.02. The van der Waals surface area contributed by atoms with Gasteiger partial charge in [0.15, 0.2) is 0 Å². The maximum atomic E-state index is 12.2. The van der Waals surface area contributed by atoms with Gasteiger partial charge < -0.3 is 15.2 Å². The Hall–Kier alpha value is -1.34. The normalized spacial score (nSPS) is 18.4. The second kappa shape index (κ2) is 5.75. The number of aromatic nitrogens is 1. The lowest BCUT2D eigenvalue weighted by atomic mass is 10.1. The van der Waals surface area contributed by atoms with Crippen LogP contribution in [0.25, 0.3) is 0 Å². The molecule has 0 aromatic carbocycles. The summed E-state index contributed by atoms with van der Waals surface area (Å²) in [6, 6.07) is 1.66. The minimum Gasteiger partial charge on any atom is -0.492 e. The van der Waals surface area contributed by atoms with Crippen molar-refractivity contribution in [2.75, 3.05) is 38.9 Å². The van der Waals surface area contributed by atoms with E-state index in [4.69, 9.17) is 15.2 Å². The van der Waals surface area contributed by atoms with Gasteiger partial charge in [0.25, 0.3) is 0 Å². The van der Waals surface area contributed by atoms with Gasteiger partial charge in [-0.15, -0.1) is 0 Å². The molecule has 2 N–H and O–H groups in total. The molecular formula is C12H19N3O3S. The summed E-state index contributed by atoms with van der Waals surface area (Å²) in [6.45, 7) is 2.21. The highest BCUT2D eigenvalue weighted by Crippen LogP contribution is 2.23. The molecule has 0 bridgehead atoms. The van der Waals surface area contributed by atoms with Crippen molar-refractivity contribution in [1.29, 1.82) is 0 Å². The van der Waals surface area contributed by atoms with Gasteiger partial charge in [0.1, 0.15) is 11.6 Å². The van der Waals surface area contributed by atoms with Gasteiger partial charge in [-0.3, -0.25) is 0 Å². The van der Waals surface area contributed by atoms with Crippen LogP contribution in [0.5, 0.6) is 5.75 Å². The molecule has 106 valence electrons. The molecule has 1 atom stereocenters. The Labute approximate surface area is 113 Å². The minimum absolute atomic E-state index is 0.234. The van der Waals surface area contributed by atoms with Crippen molar-refractivity contribution in [3.63, 3.8) is 0 Å². The van der Waals surface area contributed by atoms with Crippen LogP contribution in [0.3, 0.4) is 0 Å². The molecular weight excluding hydrogens is 266 g/mol. The molecule has 6 nitrogen and oxygen atoms in total. The SMILES string of the molecule is CN=S(C)(=O)c1cc(OCCC2COC2)cnc1N. The molecule has 1 fully saturated rings. The van der Waals surface area contributed by atoms with Crippen molar-refractivity contribution >= 4 is 15.5 Å². The summed E-state index contributed by atoms with van der Waals surface area (Å²) in [5, 5.41) is 0. The molecule has 1 aromatic rings. The first-order valence-corrected chi connectivity index (χ1v) is 8.01. The summed E-state index contributed by atoms with van der Waals surface area (Å²) >= 11 is 0. The monoisotopic (exact) mass is 285 g/mol. The summed E-state index contributed by atoms with van der Waals surface area (Å²) in [4.78, 5) is 4.44. The fourth-order valence-electron chi connectivity index (χ4n) is 1.71. The molecule has 1 unspecified atom stereocenters. The second-order valence-electron chi connectivity index (χ2n) is 4.58. The average Bonchev–Trinajstić information content (AvgIpc) is 2.34. The maximum absolute atomic E-state index is 12.2. The van der Waals surface area contributed by atoms with Gasteiger partial charge in [-0.1, -0.05) is 0 Å². The minimum atomic E-state index is -2.50. The Kier molecular flexibility index (Phi) is 4.26. The standard InChI is InChI=1S/C12H19N3O3S/c1-14-19(2,16)11-5-10(6-15-12(11)13)18-4-3-9-7-17-8-9/h5-6,9H,3-4,7-8H2,1-2H3,(H2,13,15). The van der Waals surface area contributed by atoms with Crippen molar-refractivity contribution < 1.29 is 13.7 Å². The zero-order valence-corrected chi connectivity index (χ0v) is 12.0. The summed E-state index contributed by atoms with van der Waals surface area (Å²) in [5.41, 5.74) is 5.74. The van der Waals surface area contributed by atoms with Crippen LogP contribution in [0.2, 0.25) is 0 Å². The van der Waals surface area contributed by atoms with E-state index in [9.17, 15) is 4.21 Å². The van der Waals surface area contributed by atoms with E-state index in [-0.39, 0.29) is 5.82 Å². The Morgan fingerprint density at radius 1 is 1.63 bits per heavy atom. The fourth-order valence-corrected chi connectivity index (χ4v) is 2.68. The van der Waals surface area contributed by atoms with Crippen LogP contribution in [0.15, 0.2) is 21.5 Å². The first kappa shape index (κ1) is 14.1. The van der Waals surface area contributed by atoms with Crippen LogP contribution in [0.1, 0.15) is 6.42 Å². The fraction of sp³-hybridized carbons (Fsp3) is 0.583. The van der Waals surface area contributed by atoms with E-state index in [1.54, 1.807) is 12.3 Å². The Morgan fingerprint density at radius 3 is 2.95 bits per heavy atom. The van der Waals surface area contributed by atoms with E-state index >= 15 is 0 Å². The van der Waals surface area contributed by atoms with Crippen LogP contribution in [-0.2, 0) is 14.5 Å². The molecule has 0 saturated carbocycles. The van der Waals surface area contributed by atoms with Crippen molar-refractivity contribution in [3.8, 4) is 5.75 Å². The third-order valence-electron chi connectivity index (χ3n) is 3.12. The summed E-state index contributed by atoms with van der Waals surface area (Å²) < 4.78 is 26.8. The Balaban J connectivity index is 2.05. The van der Waals surface area contributed by atoms with Crippen LogP contribution >= 0.6 is 0 Å². The van der Waals surface area contributed by atoms with E-state index in [0.29, 0.717) is 23.2 Å². The first-order chi connectivity index (χ1) is 9.03. The van der Waals surface area contributed by atoms with Crippen LogP contribution in [0.4, 0.5) is 5.82 Å². The third-order valence-corrected chi connectivity index (χ3v) is 4.95. The van der Waals surface area contributed by atoms with Gasteiger partial charge in [-0.05, 0) is 6.42 Å². The molecule has 2 heterocycles. The number of hydrogen-bond acceptors (Lipinski definition) is 6. The van der Waals surface area contributed by atoms with E-state index in [0.717, 1.165) is 19.6 Å². The molecule has 0 aliphatic carbocycles. The van der Waals surface area contributed by atoms with Crippen LogP contribution in [-0.4, -0.2) is 42.3 Å². The topological polar surface area (TPSA) is 86.8 Å². The largest absolute Gasteiger partial charge is 0.492 e. The molecule has 0 radical (unpaired) electrons. The van der Waals surface area contributed by atoms with E-state index < -0.39 is 9.73 Å². The van der Waals surface area contributed by atoms with E-state index in [1.807, 2.05) is 0 Å². The van der Waals surface area contributed by atoms with E-state index in [1.165, 1.54) is 13.3 Å². The number of anilines is 1. The molecule has 1 aliphatic rings. The zero-order valence-electron chi connectivity index (χ0n) is 11.2. The number of nitrogens with zero attached hydrogens (tertiary/aromatic N) is 2. The van der Waals surface area contributed by atoms with Crippen LogP contribution < -0.4 is 10.5 Å². The Bertz CT molecular complexity index is 563. The molecule has 1 saturated heterocycles. The lowest BCUT2D eigenvalue weighted by Crippen LogP contribution is -2.28. The predicted molar refractivity (Wildman–Crippen MR) is 73.8 cm³/mol. The number of ether oxygens (including phenoxy) is 2. The molecule has 1 aromatic heterocycles. The average molecular weight is 285 g/mol. The smallest absolute Gasteiger partial charge is 0.140 e. The second-order valence-corrected chi connectivity index (χ2v) is 6.99. The summed E-state index contributed by atoms with van der Waals surface area (Å²) in [7, 11) is -0.993. The first-order valence-electron chi connectivity index (χ1n) is 6.09. The van der Waals surface area contributed by atoms with Crippen molar-refractivity contribution in [2.45, 2.75) is 11.3 Å². The highest BCUT2D eigenvalue weighted by atomic mass is 32.2. The van der Waals surface area contributed by atoms with Gasteiger partial charge in [0.05, 0.1) is 40.6 Å². The predicted octanol–water partition coefficient (Wildman–Crippen LogP) is 1.17. The number of nitrogen functional groups attached to an aromatic ring is 1. The molecule has 2 rings (SSSR count). The van der Waals surface area contributed by atoms with Crippen LogP contribution in [0, 0.1) is 5.92 Å². The highest BCUT2D eigenvalue weighted by Gasteiger charge is 2.18. The maximum Gasteiger partial charge on any atom is 0.140 e. The van der Waals surface area contributed by atoms with Gasteiger partial charge in [-0.25, -0.2) is 13.6 Å². The lowest BCUT2D eigenvalue weighted by molar-refractivity contribution is -0.0401. The van der Waals surface area contributed by atoms with Crippen molar-refractivity contribution in [2.24, 2.45) is 10.3 Å². The van der Waals surface area contributed by atoms with E-state index in [2.05, 4.69) is 9.35 Å². The number of rotatable bonds is 5. The molecule has 19 heavy (non-hydrogen) atoms.